The molecule has 2 aromatic rings. The van der Waals surface area contributed by atoms with E-state index in [0.717, 1.165) is 0 Å². The van der Waals surface area contributed by atoms with Gasteiger partial charge in [-0.15, -0.1) is 0 Å². The van der Waals surface area contributed by atoms with Crippen LogP contribution in [0.25, 0.3) is 11.0 Å². The van der Waals surface area contributed by atoms with Crippen LogP contribution in [-0.4, -0.2) is 44.6 Å². The SMILES string of the molecule is Oc1cnc2cc(Cl)ccc2n1.[NaH]. The fraction of sp³-hybridized carbons (Fsp3) is 0. The average Bonchev–Trinajstić information content (AvgIpc) is 2.05. The molecule has 0 aliphatic rings. The number of halogens is 1. The van der Waals surface area contributed by atoms with Gasteiger partial charge in [-0.3, -0.25) is 0 Å². The van der Waals surface area contributed by atoms with E-state index in [4.69, 9.17) is 16.7 Å². The van der Waals surface area contributed by atoms with Crippen LogP contribution in [0.5, 0.6) is 5.88 Å². The van der Waals surface area contributed by atoms with Crippen LogP contribution in [0.1, 0.15) is 0 Å². The zero-order chi connectivity index (χ0) is 8.55. The molecule has 0 radical (unpaired) electrons. The van der Waals surface area contributed by atoms with Crippen molar-refractivity contribution in [3.05, 3.63) is 29.4 Å². The van der Waals surface area contributed by atoms with E-state index in [1.165, 1.54) is 6.20 Å². The second-order valence-corrected chi connectivity index (χ2v) is 2.80. The summed E-state index contributed by atoms with van der Waals surface area (Å²) in [5.74, 6) is -0.0789. The molecule has 3 nitrogen and oxygen atoms in total. The van der Waals surface area contributed by atoms with Gasteiger partial charge in [-0.25, -0.2) is 9.97 Å². The molecule has 1 N–H and O–H groups in total. The molecule has 0 amide bonds. The molecule has 1 aromatic heterocycles. The number of benzene rings is 1. The molecule has 0 unspecified atom stereocenters. The zero-order valence-electron chi connectivity index (χ0n) is 6.03. The van der Waals surface area contributed by atoms with Crippen molar-refractivity contribution in [1.29, 1.82) is 0 Å². The Hall–Kier alpha value is -0.350. The Morgan fingerprint density at radius 3 is 2.77 bits per heavy atom. The van der Waals surface area contributed by atoms with Crippen molar-refractivity contribution in [2.24, 2.45) is 0 Å². The summed E-state index contributed by atoms with van der Waals surface area (Å²) in [6.45, 7) is 0. The second-order valence-electron chi connectivity index (χ2n) is 2.36. The summed E-state index contributed by atoms with van der Waals surface area (Å²) in [6.07, 6.45) is 1.29. The van der Waals surface area contributed by atoms with Crippen molar-refractivity contribution in [1.82, 2.24) is 9.97 Å². The third-order valence-electron chi connectivity index (χ3n) is 1.49. The average molecular weight is 205 g/mol. The minimum atomic E-state index is -0.0789. The standard InChI is InChI=1S/C8H5ClN2O.Na.H/c9-5-1-2-6-7(3-5)10-4-8(12)11-6;;/h1-4H,(H,11,12);;. The number of hydrogen-bond acceptors (Lipinski definition) is 3. The summed E-state index contributed by atoms with van der Waals surface area (Å²) >= 11 is 5.73. The molecule has 5 heteroatoms. The molecule has 0 atom stereocenters. The van der Waals surface area contributed by atoms with Gasteiger partial charge < -0.3 is 5.11 Å². The van der Waals surface area contributed by atoms with Gasteiger partial charge >= 0.3 is 29.6 Å². The first-order valence-corrected chi connectivity index (χ1v) is 3.75. The molecule has 0 aliphatic carbocycles. The molecule has 1 heterocycles. The van der Waals surface area contributed by atoms with Crippen molar-refractivity contribution >= 4 is 52.2 Å². The minimum absolute atomic E-state index is 0. The fourth-order valence-electron chi connectivity index (χ4n) is 0.974. The number of rotatable bonds is 0. The summed E-state index contributed by atoms with van der Waals surface area (Å²) in [7, 11) is 0. The topological polar surface area (TPSA) is 46.0 Å². The number of nitrogens with zero attached hydrogens (tertiary/aromatic N) is 2. The molecule has 0 spiro atoms. The predicted molar refractivity (Wildman–Crippen MR) is 53.4 cm³/mol. The normalized spacial score (nSPS) is 9.62. The first-order chi connectivity index (χ1) is 5.75. The molecule has 62 valence electrons. The number of aromatic hydroxyl groups is 1. The Balaban J connectivity index is 0.000000845. The van der Waals surface area contributed by atoms with Gasteiger partial charge in [0.05, 0.1) is 17.2 Å². The molecular weight excluding hydrogens is 199 g/mol. The van der Waals surface area contributed by atoms with Crippen LogP contribution < -0.4 is 0 Å². The second kappa shape index (κ2) is 4.24. The Bertz CT molecular complexity index is 394. The van der Waals surface area contributed by atoms with E-state index in [1.807, 2.05) is 0 Å². The van der Waals surface area contributed by atoms with Crippen LogP contribution in [0.2, 0.25) is 5.02 Å². The van der Waals surface area contributed by atoms with Crippen LogP contribution in [0, 0.1) is 0 Å². The Morgan fingerprint density at radius 2 is 2.00 bits per heavy atom. The van der Waals surface area contributed by atoms with Crippen LogP contribution in [-0.2, 0) is 0 Å². The van der Waals surface area contributed by atoms with E-state index in [-0.39, 0.29) is 35.4 Å². The van der Waals surface area contributed by atoms with Crippen LogP contribution in [0.4, 0.5) is 0 Å². The molecule has 1 aromatic carbocycles. The van der Waals surface area contributed by atoms with Crippen LogP contribution >= 0.6 is 11.6 Å². The van der Waals surface area contributed by atoms with Crippen molar-refractivity contribution in [2.75, 3.05) is 0 Å². The summed E-state index contributed by atoms with van der Waals surface area (Å²) < 4.78 is 0. The van der Waals surface area contributed by atoms with E-state index in [9.17, 15) is 0 Å². The summed E-state index contributed by atoms with van der Waals surface area (Å²) in [4.78, 5) is 7.80. The van der Waals surface area contributed by atoms with E-state index in [0.29, 0.717) is 16.1 Å². The predicted octanol–water partition coefficient (Wildman–Crippen LogP) is 1.34. The van der Waals surface area contributed by atoms with Crippen LogP contribution in [0.15, 0.2) is 24.4 Å². The number of aromatic nitrogens is 2. The number of fused-ring (bicyclic) bond motifs is 1. The zero-order valence-corrected chi connectivity index (χ0v) is 6.78. The Labute approximate surface area is 102 Å². The first kappa shape index (κ1) is 10.7. The molecule has 2 rings (SSSR count). The number of hydrogen-bond donors (Lipinski definition) is 1. The van der Waals surface area contributed by atoms with E-state index >= 15 is 0 Å². The van der Waals surface area contributed by atoms with Gasteiger partial charge in [-0.05, 0) is 18.2 Å². The van der Waals surface area contributed by atoms with Crippen molar-refractivity contribution in [3.8, 4) is 5.88 Å². The Kier molecular flexibility index (Phi) is 3.50. The van der Waals surface area contributed by atoms with E-state index < -0.39 is 0 Å². The summed E-state index contributed by atoms with van der Waals surface area (Å²) in [6, 6.07) is 5.12. The first-order valence-electron chi connectivity index (χ1n) is 3.37. The summed E-state index contributed by atoms with van der Waals surface area (Å²) in [5, 5.41) is 9.61. The molecule has 13 heavy (non-hydrogen) atoms. The van der Waals surface area contributed by atoms with Gasteiger partial charge in [-0.2, -0.15) is 0 Å². The van der Waals surface area contributed by atoms with Gasteiger partial charge in [0.2, 0.25) is 5.88 Å². The third kappa shape index (κ3) is 2.31. The van der Waals surface area contributed by atoms with Gasteiger partial charge in [-0.1, -0.05) is 11.6 Å². The van der Waals surface area contributed by atoms with E-state index in [2.05, 4.69) is 9.97 Å². The molecule has 0 saturated carbocycles. The third-order valence-corrected chi connectivity index (χ3v) is 1.73. The fourth-order valence-corrected chi connectivity index (χ4v) is 1.14. The van der Waals surface area contributed by atoms with Crippen LogP contribution in [0.3, 0.4) is 0 Å². The molecule has 0 saturated heterocycles. The van der Waals surface area contributed by atoms with Gasteiger partial charge in [0, 0.05) is 5.02 Å². The van der Waals surface area contributed by atoms with Gasteiger partial charge in [0.15, 0.2) is 0 Å². The quantitative estimate of drug-likeness (QED) is 0.659. The van der Waals surface area contributed by atoms with Crippen molar-refractivity contribution in [3.63, 3.8) is 0 Å². The molecule has 0 bridgehead atoms. The molecular formula is C8H6ClN2NaO. The Morgan fingerprint density at radius 1 is 1.23 bits per heavy atom. The van der Waals surface area contributed by atoms with Crippen molar-refractivity contribution in [2.45, 2.75) is 0 Å². The maximum absolute atomic E-state index is 8.99. The van der Waals surface area contributed by atoms with Gasteiger partial charge in [0.25, 0.3) is 0 Å². The van der Waals surface area contributed by atoms with E-state index in [1.54, 1.807) is 18.2 Å². The maximum atomic E-state index is 8.99. The molecule has 0 aliphatic heterocycles. The molecule has 0 fully saturated rings. The summed E-state index contributed by atoms with van der Waals surface area (Å²) in [5.41, 5.74) is 1.32. The van der Waals surface area contributed by atoms with Crippen molar-refractivity contribution < 1.29 is 5.11 Å². The monoisotopic (exact) mass is 204 g/mol. The van der Waals surface area contributed by atoms with Gasteiger partial charge in [0.1, 0.15) is 0 Å².